The van der Waals surface area contributed by atoms with E-state index >= 15 is 0 Å². The van der Waals surface area contributed by atoms with Crippen molar-refractivity contribution in [3.63, 3.8) is 0 Å². The predicted molar refractivity (Wildman–Crippen MR) is 172 cm³/mol. The summed E-state index contributed by atoms with van der Waals surface area (Å²) in [5, 5.41) is 5.02. The van der Waals surface area contributed by atoms with Crippen LogP contribution in [0.2, 0.25) is 10.0 Å². The van der Waals surface area contributed by atoms with E-state index in [9.17, 15) is 13.2 Å². The Morgan fingerprint density at radius 1 is 1.00 bits per heavy atom. The Balaban J connectivity index is 1.48. The average Bonchev–Trinajstić information content (AvgIpc) is 2.96. The highest BCUT2D eigenvalue weighted by atomic mass is 79.9. The van der Waals surface area contributed by atoms with Crippen molar-refractivity contribution in [2.45, 2.75) is 11.5 Å². The van der Waals surface area contributed by atoms with Gasteiger partial charge in [-0.05, 0) is 76.1 Å². The van der Waals surface area contributed by atoms with Crippen LogP contribution in [0.15, 0.2) is 104 Å². The van der Waals surface area contributed by atoms with Crippen molar-refractivity contribution in [3.8, 4) is 11.5 Å². The number of hydrazone groups is 1. The smallest absolute Gasteiger partial charge is 0.264 e. The van der Waals surface area contributed by atoms with Crippen LogP contribution in [-0.2, 0) is 21.4 Å². The molecular formula is C29H23Br2Cl2N3O5S. The molecular weight excluding hydrogens is 733 g/mol. The number of methoxy groups -OCH3 is 1. The molecule has 4 aromatic rings. The molecule has 0 aliphatic rings. The lowest BCUT2D eigenvalue weighted by Gasteiger charge is -2.23. The fourth-order valence-electron chi connectivity index (χ4n) is 3.75. The maximum absolute atomic E-state index is 13.4. The van der Waals surface area contributed by atoms with Crippen LogP contribution in [0.4, 0.5) is 5.69 Å². The minimum absolute atomic E-state index is 0.0545. The SMILES string of the molecule is COc1cc(/C=N\NC(=O)CN(c2cccc(Br)c2)S(=O)(=O)c2ccccc2)cc(Br)c1OCc1ccc(Cl)cc1Cl. The highest BCUT2D eigenvalue weighted by Gasteiger charge is 2.27. The maximum atomic E-state index is 13.4. The Labute approximate surface area is 270 Å². The number of hydrogen-bond acceptors (Lipinski definition) is 6. The molecule has 218 valence electrons. The molecule has 0 unspecified atom stereocenters. The second kappa shape index (κ2) is 14.4. The van der Waals surface area contributed by atoms with Crippen molar-refractivity contribution in [1.82, 2.24) is 5.43 Å². The molecule has 1 amide bonds. The second-order valence-electron chi connectivity index (χ2n) is 8.66. The molecule has 0 fully saturated rings. The monoisotopic (exact) mass is 753 g/mol. The number of nitrogens with one attached hydrogen (secondary N) is 1. The molecule has 4 rings (SSSR count). The number of anilines is 1. The lowest BCUT2D eigenvalue weighted by atomic mass is 10.2. The van der Waals surface area contributed by atoms with Gasteiger partial charge in [-0.25, -0.2) is 13.8 Å². The molecule has 0 saturated carbocycles. The number of carbonyl (C=O) groups excluding carboxylic acids is 1. The van der Waals surface area contributed by atoms with Gasteiger partial charge in [0.15, 0.2) is 11.5 Å². The quantitative estimate of drug-likeness (QED) is 0.127. The van der Waals surface area contributed by atoms with Gasteiger partial charge in [-0.2, -0.15) is 5.10 Å². The largest absolute Gasteiger partial charge is 0.493 e. The van der Waals surface area contributed by atoms with Gasteiger partial charge >= 0.3 is 0 Å². The summed E-state index contributed by atoms with van der Waals surface area (Å²) in [6, 6.07) is 23.1. The van der Waals surface area contributed by atoms with Crippen molar-refractivity contribution < 1.29 is 22.7 Å². The normalized spacial score (nSPS) is 11.4. The Hall–Kier alpha value is -3.09. The van der Waals surface area contributed by atoms with E-state index in [1.807, 2.05) is 0 Å². The summed E-state index contributed by atoms with van der Waals surface area (Å²) in [4.78, 5) is 12.9. The third-order valence-electron chi connectivity index (χ3n) is 5.76. The van der Waals surface area contributed by atoms with Crippen LogP contribution < -0.4 is 19.2 Å². The van der Waals surface area contributed by atoms with E-state index in [2.05, 4.69) is 42.4 Å². The molecule has 0 spiro atoms. The number of hydrogen-bond donors (Lipinski definition) is 1. The topological polar surface area (TPSA) is 97.3 Å². The summed E-state index contributed by atoms with van der Waals surface area (Å²) in [5.41, 5.74) is 4.04. The summed E-state index contributed by atoms with van der Waals surface area (Å²) in [6.45, 7) is -0.326. The first kappa shape index (κ1) is 31.8. The number of halogens is 4. The van der Waals surface area contributed by atoms with Gasteiger partial charge in [0.2, 0.25) is 0 Å². The van der Waals surface area contributed by atoms with Gasteiger partial charge in [0.1, 0.15) is 13.2 Å². The van der Waals surface area contributed by atoms with Crippen LogP contribution in [0.25, 0.3) is 0 Å². The van der Waals surface area contributed by atoms with Crippen LogP contribution >= 0.6 is 55.1 Å². The van der Waals surface area contributed by atoms with E-state index in [0.717, 1.165) is 9.87 Å². The Morgan fingerprint density at radius 3 is 2.45 bits per heavy atom. The standard InChI is InChI=1S/C29H23Br2Cl2N3O5S/c1-40-27-13-19(12-25(31)29(27)41-18-20-10-11-22(32)15-26(20)33)16-34-35-28(37)17-36(23-7-5-6-21(30)14-23)42(38,39)24-8-3-2-4-9-24/h2-16H,17-18H2,1H3,(H,35,37)/b34-16-. The zero-order valence-corrected chi connectivity index (χ0v) is 27.4. The molecule has 0 aromatic heterocycles. The Morgan fingerprint density at radius 2 is 1.76 bits per heavy atom. The van der Waals surface area contributed by atoms with E-state index in [1.54, 1.807) is 72.8 Å². The minimum atomic E-state index is -4.04. The van der Waals surface area contributed by atoms with Crippen LogP contribution in [0.5, 0.6) is 11.5 Å². The fourth-order valence-corrected chi connectivity index (χ4v) is 6.61. The van der Waals surface area contributed by atoms with Gasteiger partial charge < -0.3 is 9.47 Å². The lowest BCUT2D eigenvalue weighted by Crippen LogP contribution is -2.39. The van der Waals surface area contributed by atoms with E-state index < -0.39 is 22.5 Å². The zero-order valence-electron chi connectivity index (χ0n) is 21.9. The summed E-state index contributed by atoms with van der Waals surface area (Å²) in [5.74, 6) is 0.217. The van der Waals surface area contributed by atoms with Crippen molar-refractivity contribution in [1.29, 1.82) is 0 Å². The minimum Gasteiger partial charge on any atom is -0.493 e. The molecule has 0 aliphatic heterocycles. The third-order valence-corrected chi connectivity index (χ3v) is 9.21. The number of benzene rings is 4. The van der Waals surface area contributed by atoms with Gasteiger partial charge in [0.25, 0.3) is 15.9 Å². The van der Waals surface area contributed by atoms with Gasteiger partial charge in [-0.3, -0.25) is 9.10 Å². The molecule has 42 heavy (non-hydrogen) atoms. The maximum Gasteiger partial charge on any atom is 0.264 e. The fraction of sp³-hybridized carbons (Fsp3) is 0.103. The first-order chi connectivity index (χ1) is 20.1. The molecule has 0 atom stereocenters. The summed E-state index contributed by atoms with van der Waals surface area (Å²) < 4.78 is 40.6. The summed E-state index contributed by atoms with van der Waals surface area (Å²) >= 11 is 19.1. The number of rotatable bonds is 11. The van der Waals surface area contributed by atoms with Gasteiger partial charge in [-0.1, -0.05) is 69.5 Å². The average molecular weight is 756 g/mol. The molecule has 8 nitrogen and oxygen atoms in total. The predicted octanol–water partition coefficient (Wildman–Crippen LogP) is 7.45. The van der Waals surface area contributed by atoms with Crippen LogP contribution in [-0.4, -0.2) is 34.2 Å². The lowest BCUT2D eigenvalue weighted by molar-refractivity contribution is -0.119. The molecule has 0 aliphatic carbocycles. The van der Waals surface area contributed by atoms with Crippen LogP contribution in [0, 0.1) is 0 Å². The summed E-state index contributed by atoms with van der Waals surface area (Å²) in [7, 11) is -2.55. The van der Waals surface area contributed by atoms with E-state index in [0.29, 0.717) is 41.7 Å². The molecule has 0 radical (unpaired) electrons. The van der Waals surface area contributed by atoms with Gasteiger partial charge in [0.05, 0.1) is 28.4 Å². The molecule has 4 aromatic carbocycles. The highest BCUT2D eigenvalue weighted by molar-refractivity contribution is 9.10. The van der Waals surface area contributed by atoms with Gasteiger partial charge in [0, 0.05) is 20.1 Å². The van der Waals surface area contributed by atoms with Crippen molar-refractivity contribution in [2.24, 2.45) is 5.10 Å². The number of nitrogens with zero attached hydrogens (tertiary/aromatic N) is 2. The van der Waals surface area contributed by atoms with Crippen LogP contribution in [0.1, 0.15) is 11.1 Å². The number of carbonyl (C=O) groups is 1. The first-order valence-electron chi connectivity index (χ1n) is 12.2. The van der Waals surface area contributed by atoms with Crippen molar-refractivity contribution in [3.05, 3.63) is 115 Å². The first-order valence-corrected chi connectivity index (χ1v) is 16.0. The second-order valence-corrected chi connectivity index (χ2v) is 13.1. The van der Waals surface area contributed by atoms with Gasteiger partial charge in [-0.15, -0.1) is 0 Å². The third kappa shape index (κ3) is 8.05. The summed E-state index contributed by atoms with van der Waals surface area (Å²) in [6.07, 6.45) is 1.40. The molecule has 0 bridgehead atoms. The van der Waals surface area contributed by atoms with Crippen molar-refractivity contribution in [2.75, 3.05) is 18.0 Å². The zero-order chi connectivity index (χ0) is 30.3. The van der Waals surface area contributed by atoms with Crippen molar-refractivity contribution >= 4 is 82.9 Å². The number of amides is 1. The molecule has 13 heteroatoms. The van der Waals surface area contributed by atoms with E-state index in [4.69, 9.17) is 32.7 Å². The highest BCUT2D eigenvalue weighted by Crippen LogP contribution is 2.37. The van der Waals surface area contributed by atoms with E-state index in [1.165, 1.54) is 25.5 Å². The number of sulfonamides is 1. The number of ether oxygens (including phenoxy) is 2. The molecule has 0 saturated heterocycles. The molecule has 0 heterocycles. The Kier molecular flexibility index (Phi) is 10.9. The Bertz CT molecular complexity index is 1720. The van der Waals surface area contributed by atoms with Crippen LogP contribution in [0.3, 0.4) is 0 Å². The van der Waals surface area contributed by atoms with E-state index in [-0.39, 0.29) is 11.5 Å². The molecule has 1 N–H and O–H groups in total.